The lowest BCUT2D eigenvalue weighted by Gasteiger charge is -2.25. The van der Waals surface area contributed by atoms with Crippen molar-refractivity contribution in [3.8, 4) is 0 Å². The van der Waals surface area contributed by atoms with Crippen LogP contribution in [0.3, 0.4) is 0 Å². The van der Waals surface area contributed by atoms with Gasteiger partial charge in [0, 0.05) is 18.2 Å². The molecule has 162 valence electrons. The smallest absolute Gasteiger partial charge is 0.340 e. The van der Waals surface area contributed by atoms with E-state index in [1.165, 1.54) is 5.56 Å². The average Bonchev–Trinajstić information content (AvgIpc) is 3.08. The number of esters is 1. The van der Waals surface area contributed by atoms with Crippen LogP contribution in [0.1, 0.15) is 82.4 Å². The van der Waals surface area contributed by atoms with Gasteiger partial charge in [-0.2, -0.15) is 0 Å². The zero-order chi connectivity index (χ0) is 22.5. The Labute approximate surface area is 187 Å². The van der Waals surface area contributed by atoms with Gasteiger partial charge in [0.2, 0.25) is 12.2 Å². The number of carbonyl (C=O) groups is 2. The van der Waals surface area contributed by atoms with Crippen LogP contribution in [-0.2, 0) is 16.6 Å². The molecular weight excluding hydrogens is 402 g/mol. The number of cyclic esters (lactones) is 1. The largest absolute Gasteiger partial charge is 0.434 e. The molecule has 0 bridgehead atoms. The van der Waals surface area contributed by atoms with Crippen LogP contribution in [0.2, 0.25) is 0 Å². The highest BCUT2D eigenvalue weighted by Crippen LogP contribution is 2.34. The third-order valence-corrected chi connectivity index (χ3v) is 6.24. The predicted octanol–water partition coefficient (Wildman–Crippen LogP) is 4.97. The van der Waals surface area contributed by atoms with Crippen LogP contribution in [0, 0.1) is 0 Å². The Morgan fingerprint density at radius 2 is 1.72 bits per heavy atom. The highest BCUT2D eigenvalue weighted by molar-refractivity contribution is 5.98. The number of fused-ring (bicyclic) bond motifs is 2. The lowest BCUT2D eigenvalue weighted by atomic mass is 9.80. The van der Waals surface area contributed by atoms with Crippen molar-refractivity contribution in [2.24, 2.45) is 0 Å². The van der Waals surface area contributed by atoms with Gasteiger partial charge in [0.25, 0.3) is 0 Å². The van der Waals surface area contributed by atoms with Gasteiger partial charge in [-0.05, 0) is 34.9 Å². The van der Waals surface area contributed by atoms with Crippen LogP contribution >= 0.6 is 0 Å². The van der Waals surface area contributed by atoms with Gasteiger partial charge >= 0.3 is 5.97 Å². The molecule has 6 heteroatoms. The second kappa shape index (κ2) is 7.55. The molecule has 0 saturated heterocycles. The van der Waals surface area contributed by atoms with Crippen molar-refractivity contribution in [1.82, 2.24) is 9.97 Å². The third-order valence-electron chi connectivity index (χ3n) is 6.24. The number of benzene rings is 2. The zero-order valence-electron chi connectivity index (χ0n) is 18.4. The summed E-state index contributed by atoms with van der Waals surface area (Å²) in [5, 5.41) is 3.09. The Morgan fingerprint density at radius 3 is 2.47 bits per heavy atom. The summed E-state index contributed by atoms with van der Waals surface area (Å²) in [4.78, 5) is 33.8. The standard InChI is InChI=1S/C26H25N3O3/c1-26(2,3)17-10-8-15(9-11-17)16-12-21-20(22(30)13-16)14-27-25(28-21)29-23-18-6-4-5-7-19(18)24(31)32-23/h4-11,14,16,23H,12-13H2,1-3H3,(H,27,28,29)/t16-,23-/m1/s1. The number of anilines is 1. The van der Waals surface area contributed by atoms with E-state index in [0.29, 0.717) is 29.9 Å². The molecule has 2 heterocycles. The Hall–Kier alpha value is -3.54. The summed E-state index contributed by atoms with van der Waals surface area (Å²) >= 11 is 0. The molecule has 0 spiro atoms. The van der Waals surface area contributed by atoms with Gasteiger partial charge in [0.05, 0.1) is 16.8 Å². The summed E-state index contributed by atoms with van der Waals surface area (Å²) < 4.78 is 5.43. The van der Waals surface area contributed by atoms with Crippen molar-refractivity contribution in [1.29, 1.82) is 0 Å². The Kier molecular flexibility index (Phi) is 4.81. The number of nitrogens with zero attached hydrogens (tertiary/aromatic N) is 2. The SMILES string of the molecule is CC(C)(C)c1ccc([C@H]2CC(=O)c3cnc(N[C@@H]4OC(=O)c5ccccc54)nc3C2)cc1. The fourth-order valence-corrected chi connectivity index (χ4v) is 4.38. The van der Waals surface area contributed by atoms with Crippen molar-refractivity contribution >= 4 is 17.7 Å². The maximum atomic E-state index is 12.8. The van der Waals surface area contributed by atoms with Crippen LogP contribution in [-0.4, -0.2) is 21.7 Å². The van der Waals surface area contributed by atoms with Crippen LogP contribution in [0.15, 0.2) is 54.7 Å². The van der Waals surface area contributed by atoms with Gasteiger partial charge in [0.1, 0.15) is 0 Å². The van der Waals surface area contributed by atoms with Gasteiger partial charge in [0.15, 0.2) is 5.78 Å². The number of hydrogen-bond donors (Lipinski definition) is 1. The maximum absolute atomic E-state index is 12.8. The fourth-order valence-electron chi connectivity index (χ4n) is 4.38. The number of aromatic nitrogens is 2. The van der Waals surface area contributed by atoms with Gasteiger partial charge in [-0.1, -0.05) is 63.2 Å². The lowest BCUT2D eigenvalue weighted by Crippen LogP contribution is -2.22. The van der Waals surface area contributed by atoms with Crippen molar-refractivity contribution in [2.75, 3.05) is 5.32 Å². The first-order chi connectivity index (χ1) is 15.3. The van der Waals surface area contributed by atoms with Crippen LogP contribution in [0.25, 0.3) is 0 Å². The van der Waals surface area contributed by atoms with Gasteiger partial charge in [-0.3, -0.25) is 4.79 Å². The molecule has 2 atom stereocenters. The second-order valence-corrected chi connectivity index (χ2v) is 9.47. The Morgan fingerprint density at radius 1 is 0.969 bits per heavy atom. The normalized spacial score (nSPS) is 19.8. The average molecular weight is 428 g/mol. The molecule has 5 rings (SSSR count). The molecule has 1 N–H and O–H groups in total. The monoisotopic (exact) mass is 427 g/mol. The second-order valence-electron chi connectivity index (χ2n) is 9.47. The third kappa shape index (κ3) is 3.66. The molecule has 2 aromatic carbocycles. The lowest BCUT2D eigenvalue weighted by molar-refractivity contribution is 0.0436. The molecule has 0 radical (unpaired) electrons. The highest BCUT2D eigenvalue weighted by atomic mass is 16.6. The Balaban J connectivity index is 1.38. The van der Waals surface area contributed by atoms with E-state index in [1.807, 2.05) is 12.1 Å². The van der Waals surface area contributed by atoms with E-state index < -0.39 is 6.23 Å². The maximum Gasteiger partial charge on any atom is 0.340 e. The van der Waals surface area contributed by atoms with Gasteiger partial charge in [-0.25, -0.2) is 14.8 Å². The van der Waals surface area contributed by atoms with E-state index in [1.54, 1.807) is 18.3 Å². The van der Waals surface area contributed by atoms with E-state index in [-0.39, 0.29) is 23.1 Å². The quantitative estimate of drug-likeness (QED) is 0.595. The number of ketones is 1. The van der Waals surface area contributed by atoms with E-state index in [0.717, 1.165) is 16.8 Å². The van der Waals surface area contributed by atoms with E-state index >= 15 is 0 Å². The number of Topliss-reactive ketones (excluding diaryl/α,β-unsaturated/α-hetero) is 1. The molecular formula is C26H25N3O3. The molecule has 32 heavy (non-hydrogen) atoms. The summed E-state index contributed by atoms with van der Waals surface area (Å²) in [7, 11) is 0. The molecule has 6 nitrogen and oxygen atoms in total. The minimum atomic E-state index is -0.642. The fraction of sp³-hybridized carbons (Fsp3) is 0.308. The van der Waals surface area contributed by atoms with Crippen molar-refractivity contribution in [2.45, 2.75) is 51.2 Å². The molecule has 0 fully saturated rings. The number of ether oxygens (including phenoxy) is 1. The van der Waals surface area contributed by atoms with Crippen molar-refractivity contribution in [3.05, 3.63) is 88.2 Å². The molecule has 1 aliphatic heterocycles. The predicted molar refractivity (Wildman–Crippen MR) is 121 cm³/mol. The Bertz CT molecular complexity index is 1210. The molecule has 1 aliphatic carbocycles. The molecule has 1 aromatic heterocycles. The van der Waals surface area contributed by atoms with Gasteiger partial charge in [-0.15, -0.1) is 0 Å². The van der Waals surface area contributed by atoms with Crippen LogP contribution < -0.4 is 5.32 Å². The molecule has 0 amide bonds. The first kappa shape index (κ1) is 20.4. The molecule has 0 unspecified atom stereocenters. The zero-order valence-corrected chi connectivity index (χ0v) is 18.4. The topological polar surface area (TPSA) is 81.2 Å². The van der Waals surface area contributed by atoms with E-state index in [2.05, 4.69) is 60.3 Å². The number of carbonyl (C=O) groups excluding carboxylic acids is 2. The summed E-state index contributed by atoms with van der Waals surface area (Å²) in [5.41, 5.74) is 5.09. The molecule has 3 aromatic rings. The number of hydrogen-bond acceptors (Lipinski definition) is 6. The van der Waals surface area contributed by atoms with E-state index in [4.69, 9.17) is 4.74 Å². The summed E-state index contributed by atoms with van der Waals surface area (Å²) in [6.45, 7) is 6.57. The van der Waals surface area contributed by atoms with Gasteiger partial charge < -0.3 is 10.1 Å². The number of rotatable bonds is 3. The highest BCUT2D eigenvalue weighted by Gasteiger charge is 2.32. The first-order valence-electron chi connectivity index (χ1n) is 10.9. The van der Waals surface area contributed by atoms with Crippen LogP contribution in [0.4, 0.5) is 5.95 Å². The van der Waals surface area contributed by atoms with E-state index in [9.17, 15) is 9.59 Å². The van der Waals surface area contributed by atoms with Crippen LogP contribution in [0.5, 0.6) is 0 Å². The summed E-state index contributed by atoms with van der Waals surface area (Å²) in [6.07, 6.45) is 2.05. The summed E-state index contributed by atoms with van der Waals surface area (Å²) in [5.74, 6) is 0.108. The molecule has 2 aliphatic rings. The minimum Gasteiger partial charge on any atom is -0.434 e. The van der Waals surface area contributed by atoms with Crippen molar-refractivity contribution < 1.29 is 14.3 Å². The number of nitrogens with one attached hydrogen (secondary N) is 1. The summed E-state index contributed by atoms with van der Waals surface area (Å²) in [6, 6.07) is 15.8. The van der Waals surface area contributed by atoms with Crippen molar-refractivity contribution in [3.63, 3.8) is 0 Å². The minimum absolute atomic E-state index is 0.0559. The first-order valence-corrected chi connectivity index (χ1v) is 10.9. The molecule has 0 saturated carbocycles.